The van der Waals surface area contributed by atoms with Gasteiger partial charge < -0.3 is 16.0 Å². The first-order chi connectivity index (χ1) is 8.11. The molecule has 0 saturated carbocycles. The highest BCUT2D eigenvalue weighted by Crippen LogP contribution is 2.08. The van der Waals surface area contributed by atoms with E-state index in [0.717, 1.165) is 13.1 Å². The van der Waals surface area contributed by atoms with Crippen molar-refractivity contribution in [3.63, 3.8) is 0 Å². The third-order valence-corrected chi connectivity index (χ3v) is 3.45. The lowest BCUT2D eigenvalue weighted by Crippen LogP contribution is -2.46. The maximum absolute atomic E-state index is 11.6. The van der Waals surface area contributed by atoms with Crippen molar-refractivity contribution in [3.05, 3.63) is 0 Å². The van der Waals surface area contributed by atoms with Crippen molar-refractivity contribution < 1.29 is 4.79 Å². The van der Waals surface area contributed by atoms with Crippen LogP contribution in [0.5, 0.6) is 0 Å². The molecule has 1 amide bonds. The molecule has 0 unspecified atom stereocenters. The number of hydrogen-bond acceptors (Lipinski definition) is 3. The minimum Gasteiger partial charge on any atom is -0.353 e. The second kappa shape index (κ2) is 7.67. The third-order valence-electron chi connectivity index (χ3n) is 3.45. The molecule has 1 aliphatic rings. The molecule has 0 aromatic heterocycles. The van der Waals surface area contributed by atoms with Gasteiger partial charge in [0.1, 0.15) is 0 Å². The predicted octanol–water partition coefficient (Wildman–Crippen LogP) is 0.962. The second-order valence-corrected chi connectivity index (χ2v) is 5.32. The van der Waals surface area contributed by atoms with Crippen LogP contribution in [0.2, 0.25) is 0 Å². The van der Waals surface area contributed by atoms with Crippen LogP contribution in [0.4, 0.5) is 0 Å². The summed E-state index contributed by atoms with van der Waals surface area (Å²) in [6, 6.07) is -0.376. The number of amides is 1. The first kappa shape index (κ1) is 14.5. The molecule has 0 bridgehead atoms. The fourth-order valence-electron chi connectivity index (χ4n) is 2.12. The summed E-state index contributed by atoms with van der Waals surface area (Å²) in [4.78, 5) is 14.1. The second-order valence-electron chi connectivity index (χ2n) is 5.32. The van der Waals surface area contributed by atoms with Crippen molar-refractivity contribution in [3.8, 4) is 0 Å². The molecule has 1 rings (SSSR count). The Morgan fingerprint density at radius 1 is 1.24 bits per heavy atom. The van der Waals surface area contributed by atoms with Gasteiger partial charge in [0.2, 0.25) is 5.91 Å². The minimum atomic E-state index is -0.376. The minimum absolute atomic E-state index is 0.0187. The number of carbonyl (C=O) groups excluding carboxylic acids is 1. The van der Waals surface area contributed by atoms with Gasteiger partial charge in [0, 0.05) is 13.1 Å². The van der Waals surface area contributed by atoms with Gasteiger partial charge in [-0.3, -0.25) is 4.79 Å². The maximum atomic E-state index is 11.6. The molecule has 4 heteroatoms. The number of nitrogens with two attached hydrogens (primary N) is 1. The van der Waals surface area contributed by atoms with E-state index in [1.807, 2.05) is 13.8 Å². The van der Waals surface area contributed by atoms with Crippen molar-refractivity contribution in [1.82, 2.24) is 10.2 Å². The van der Waals surface area contributed by atoms with E-state index in [-0.39, 0.29) is 17.9 Å². The summed E-state index contributed by atoms with van der Waals surface area (Å²) in [6.45, 7) is 7.96. The first-order valence-corrected chi connectivity index (χ1v) is 6.87. The van der Waals surface area contributed by atoms with Crippen molar-refractivity contribution in [2.24, 2.45) is 11.7 Å². The van der Waals surface area contributed by atoms with Crippen LogP contribution in [-0.4, -0.2) is 43.0 Å². The number of nitrogens with zero attached hydrogens (tertiary/aromatic N) is 1. The van der Waals surface area contributed by atoms with E-state index in [0.29, 0.717) is 0 Å². The van der Waals surface area contributed by atoms with E-state index in [9.17, 15) is 4.79 Å². The van der Waals surface area contributed by atoms with Crippen LogP contribution in [0.3, 0.4) is 0 Å². The van der Waals surface area contributed by atoms with Crippen LogP contribution in [0.15, 0.2) is 0 Å². The van der Waals surface area contributed by atoms with Gasteiger partial charge in [-0.2, -0.15) is 0 Å². The van der Waals surface area contributed by atoms with Gasteiger partial charge in [-0.15, -0.1) is 0 Å². The molecule has 4 nitrogen and oxygen atoms in total. The molecule has 0 aromatic carbocycles. The molecule has 1 fully saturated rings. The quantitative estimate of drug-likeness (QED) is 0.754. The Hall–Kier alpha value is -0.610. The van der Waals surface area contributed by atoms with Crippen LogP contribution in [0, 0.1) is 5.92 Å². The monoisotopic (exact) mass is 241 g/mol. The molecule has 1 atom stereocenters. The lowest BCUT2D eigenvalue weighted by Gasteiger charge is -2.21. The zero-order valence-corrected chi connectivity index (χ0v) is 11.2. The van der Waals surface area contributed by atoms with Gasteiger partial charge in [0.25, 0.3) is 0 Å². The summed E-state index contributed by atoms with van der Waals surface area (Å²) in [7, 11) is 0. The molecule has 3 N–H and O–H groups in total. The fraction of sp³-hybridized carbons (Fsp3) is 0.923. The van der Waals surface area contributed by atoms with Gasteiger partial charge in [-0.1, -0.05) is 26.7 Å². The van der Waals surface area contributed by atoms with Crippen molar-refractivity contribution in [2.75, 3.05) is 26.2 Å². The molecule has 0 aliphatic carbocycles. The molecule has 0 spiro atoms. The number of likely N-dealkylation sites (tertiary alicyclic amines) is 1. The summed E-state index contributed by atoms with van der Waals surface area (Å²) >= 11 is 0. The molecular weight excluding hydrogens is 214 g/mol. The van der Waals surface area contributed by atoms with Crippen molar-refractivity contribution in [1.29, 1.82) is 0 Å². The van der Waals surface area contributed by atoms with E-state index >= 15 is 0 Å². The average molecular weight is 241 g/mol. The predicted molar refractivity (Wildman–Crippen MR) is 70.7 cm³/mol. The SMILES string of the molecule is CC(C)[C@H](N)C(=O)NCCN1CCCCCC1. The number of carbonyl (C=O) groups is 1. The third kappa shape index (κ3) is 5.50. The first-order valence-electron chi connectivity index (χ1n) is 6.87. The topological polar surface area (TPSA) is 58.4 Å². The Labute approximate surface area is 105 Å². The van der Waals surface area contributed by atoms with Crippen LogP contribution in [0.1, 0.15) is 39.5 Å². The average Bonchev–Trinajstić information content (AvgIpc) is 2.56. The molecule has 100 valence electrons. The Balaban J connectivity index is 2.15. The highest BCUT2D eigenvalue weighted by molar-refractivity contribution is 5.81. The van der Waals surface area contributed by atoms with E-state index in [1.165, 1.54) is 38.8 Å². The standard InChI is InChI=1S/C13H27N3O/c1-11(2)12(14)13(17)15-7-10-16-8-5-3-4-6-9-16/h11-12H,3-10,14H2,1-2H3,(H,15,17)/t12-/m0/s1. The number of rotatable bonds is 5. The van der Waals surface area contributed by atoms with E-state index in [4.69, 9.17) is 5.73 Å². The van der Waals surface area contributed by atoms with E-state index < -0.39 is 0 Å². The summed E-state index contributed by atoms with van der Waals surface area (Å²) in [5.41, 5.74) is 5.78. The van der Waals surface area contributed by atoms with Gasteiger partial charge in [-0.05, 0) is 31.8 Å². The Bertz CT molecular complexity index is 223. The Kier molecular flexibility index (Phi) is 6.52. The number of hydrogen-bond donors (Lipinski definition) is 2. The van der Waals surface area contributed by atoms with Gasteiger partial charge >= 0.3 is 0 Å². The zero-order valence-electron chi connectivity index (χ0n) is 11.2. The molecule has 0 aromatic rings. The maximum Gasteiger partial charge on any atom is 0.237 e. The van der Waals surface area contributed by atoms with Crippen molar-refractivity contribution >= 4 is 5.91 Å². The normalized spacial score (nSPS) is 20.0. The lowest BCUT2D eigenvalue weighted by atomic mass is 10.1. The Morgan fingerprint density at radius 2 is 1.82 bits per heavy atom. The van der Waals surface area contributed by atoms with Crippen molar-refractivity contribution in [2.45, 2.75) is 45.6 Å². The highest BCUT2D eigenvalue weighted by Gasteiger charge is 2.16. The molecular formula is C13H27N3O. The summed E-state index contributed by atoms with van der Waals surface area (Å²) < 4.78 is 0. The number of nitrogens with one attached hydrogen (secondary N) is 1. The van der Waals surface area contributed by atoms with E-state index in [2.05, 4.69) is 10.2 Å². The highest BCUT2D eigenvalue weighted by atomic mass is 16.2. The van der Waals surface area contributed by atoms with Crippen LogP contribution in [-0.2, 0) is 4.79 Å². The van der Waals surface area contributed by atoms with Crippen LogP contribution in [0.25, 0.3) is 0 Å². The van der Waals surface area contributed by atoms with Gasteiger partial charge in [0.05, 0.1) is 6.04 Å². The largest absolute Gasteiger partial charge is 0.353 e. The lowest BCUT2D eigenvalue weighted by molar-refractivity contribution is -0.123. The molecule has 1 aliphatic heterocycles. The van der Waals surface area contributed by atoms with E-state index in [1.54, 1.807) is 0 Å². The molecule has 1 saturated heterocycles. The Morgan fingerprint density at radius 3 is 2.35 bits per heavy atom. The van der Waals surface area contributed by atoms with Crippen LogP contribution < -0.4 is 11.1 Å². The summed E-state index contributed by atoms with van der Waals surface area (Å²) in [5, 5.41) is 2.93. The fourth-order valence-corrected chi connectivity index (χ4v) is 2.12. The summed E-state index contributed by atoms with van der Waals surface area (Å²) in [5.74, 6) is 0.183. The van der Waals surface area contributed by atoms with Crippen LogP contribution >= 0.6 is 0 Å². The molecule has 17 heavy (non-hydrogen) atoms. The molecule has 1 heterocycles. The molecule has 0 radical (unpaired) electrons. The summed E-state index contributed by atoms with van der Waals surface area (Å²) in [6.07, 6.45) is 5.28. The van der Waals surface area contributed by atoms with Gasteiger partial charge in [0.15, 0.2) is 0 Å². The zero-order chi connectivity index (χ0) is 12.7. The smallest absolute Gasteiger partial charge is 0.237 e. The van der Waals surface area contributed by atoms with Gasteiger partial charge in [-0.25, -0.2) is 0 Å².